The first-order valence-corrected chi connectivity index (χ1v) is 9.64. The molecule has 0 aliphatic heterocycles. The van der Waals surface area contributed by atoms with Crippen molar-refractivity contribution in [1.29, 1.82) is 0 Å². The zero-order chi connectivity index (χ0) is 19.6. The zero-order valence-corrected chi connectivity index (χ0v) is 16.4. The lowest BCUT2D eigenvalue weighted by Gasteiger charge is -2.14. The van der Waals surface area contributed by atoms with Crippen molar-refractivity contribution < 1.29 is 0 Å². The summed E-state index contributed by atoms with van der Waals surface area (Å²) in [7, 11) is 0. The minimum Gasteiger partial charge on any atom is -0.354 e. The quantitative estimate of drug-likeness (QED) is 0.373. The fourth-order valence-corrected chi connectivity index (χ4v) is 4.27. The number of nitrogens with zero attached hydrogens (tertiary/aromatic N) is 1. The maximum Gasteiger partial charge on any atom is 0.197 e. The maximum absolute atomic E-state index is 13.2. The van der Waals surface area contributed by atoms with Gasteiger partial charge in [-0.25, -0.2) is 0 Å². The van der Waals surface area contributed by atoms with Gasteiger partial charge in [0.15, 0.2) is 10.9 Å². The Morgan fingerprint density at radius 3 is 2.11 bits per heavy atom. The number of hydrogen-bond acceptors (Lipinski definition) is 2. The molecule has 2 aromatic heterocycles. The van der Waals surface area contributed by atoms with Crippen LogP contribution in [0.15, 0.2) is 58.1 Å². The van der Waals surface area contributed by atoms with Gasteiger partial charge in [0.05, 0.1) is 16.6 Å². The summed E-state index contributed by atoms with van der Waals surface area (Å²) in [5.74, 6) is 0. The number of fused-ring (bicyclic) bond motifs is 4. The number of rotatable bonds is 1. The Labute approximate surface area is 168 Å². The number of aromatic nitrogens is 2. The molecule has 28 heavy (non-hydrogen) atoms. The smallest absolute Gasteiger partial charge is 0.197 e. The van der Waals surface area contributed by atoms with Crippen molar-refractivity contribution in [2.24, 2.45) is 0 Å². The molecule has 3 aromatic carbocycles. The van der Waals surface area contributed by atoms with E-state index < -0.39 is 0 Å². The van der Waals surface area contributed by atoms with E-state index in [1.54, 1.807) is 42.5 Å². The molecule has 0 atom stereocenters. The number of benzene rings is 3. The van der Waals surface area contributed by atoms with E-state index in [9.17, 15) is 9.59 Å². The summed E-state index contributed by atoms with van der Waals surface area (Å²) in [5.41, 5.74) is 2.61. The van der Waals surface area contributed by atoms with Gasteiger partial charge < -0.3 is 9.55 Å². The van der Waals surface area contributed by atoms with Crippen LogP contribution in [0.5, 0.6) is 0 Å². The van der Waals surface area contributed by atoms with Gasteiger partial charge in [0.25, 0.3) is 0 Å². The molecule has 1 N–H and O–H groups in total. The summed E-state index contributed by atoms with van der Waals surface area (Å²) in [4.78, 5) is 29.5. The van der Waals surface area contributed by atoms with Crippen LogP contribution in [-0.2, 0) is 6.54 Å². The van der Waals surface area contributed by atoms with Gasteiger partial charge in [-0.3, -0.25) is 9.59 Å². The Morgan fingerprint density at radius 2 is 1.36 bits per heavy atom. The lowest BCUT2D eigenvalue weighted by atomic mass is 10.0. The van der Waals surface area contributed by atoms with Gasteiger partial charge in [0, 0.05) is 43.7 Å². The van der Waals surface area contributed by atoms with Gasteiger partial charge in [-0.1, -0.05) is 23.2 Å². The number of H-pyrrole nitrogens is 1. The van der Waals surface area contributed by atoms with Crippen molar-refractivity contribution >= 4 is 66.8 Å². The van der Waals surface area contributed by atoms with Crippen LogP contribution in [0, 0.1) is 0 Å². The Balaban J connectivity index is 2.05. The van der Waals surface area contributed by atoms with E-state index in [1.807, 2.05) is 17.6 Å². The molecular weight excluding hydrogens is 395 g/mol. The molecule has 0 aliphatic rings. The van der Waals surface area contributed by atoms with Crippen LogP contribution in [0.25, 0.3) is 43.6 Å². The summed E-state index contributed by atoms with van der Waals surface area (Å²) in [6.07, 6.45) is 0. The molecule has 0 saturated carbocycles. The third-order valence-corrected chi connectivity index (χ3v) is 5.69. The van der Waals surface area contributed by atoms with Gasteiger partial charge in [-0.05, 0) is 55.5 Å². The Morgan fingerprint density at radius 1 is 0.750 bits per heavy atom. The van der Waals surface area contributed by atoms with E-state index in [2.05, 4.69) is 4.98 Å². The summed E-state index contributed by atoms with van der Waals surface area (Å²) in [6, 6.07) is 14.0. The first-order valence-electron chi connectivity index (χ1n) is 8.89. The van der Waals surface area contributed by atoms with Crippen LogP contribution in [-0.4, -0.2) is 9.55 Å². The van der Waals surface area contributed by atoms with Crippen LogP contribution in [0.1, 0.15) is 6.92 Å². The molecule has 2 heterocycles. The Hall–Kier alpha value is -2.82. The predicted molar refractivity (Wildman–Crippen MR) is 117 cm³/mol. The molecular formula is C22H14Cl2N2O2. The van der Waals surface area contributed by atoms with Gasteiger partial charge in [-0.15, -0.1) is 0 Å². The number of hydrogen-bond donors (Lipinski definition) is 1. The van der Waals surface area contributed by atoms with E-state index in [4.69, 9.17) is 23.2 Å². The number of pyridine rings is 2. The van der Waals surface area contributed by atoms with Crippen molar-refractivity contribution in [3.63, 3.8) is 0 Å². The highest BCUT2D eigenvalue weighted by atomic mass is 35.5. The van der Waals surface area contributed by atoms with Crippen molar-refractivity contribution in [3.8, 4) is 0 Å². The SMILES string of the molecule is CCn1c2ccc(Cl)cc2c(=O)c2cc3[nH]c4ccc(Cl)cc4c(=O)c3cc21. The second kappa shape index (κ2) is 6.09. The van der Waals surface area contributed by atoms with Gasteiger partial charge in [0.1, 0.15) is 0 Å². The molecule has 0 amide bonds. The molecule has 5 rings (SSSR count). The molecule has 4 nitrogen and oxygen atoms in total. The zero-order valence-electron chi connectivity index (χ0n) is 14.8. The fraction of sp³-hybridized carbons (Fsp3) is 0.0909. The third-order valence-electron chi connectivity index (χ3n) is 5.22. The highest BCUT2D eigenvalue weighted by Crippen LogP contribution is 2.26. The standard InChI is InChI=1S/C22H14Cl2N2O2/c1-2-26-19-6-4-12(24)8-15(19)22(28)16-9-18-14(10-20(16)26)21(27)13-7-11(23)3-5-17(13)25-18/h3-10H,2H2,1H3,(H,25,27). The second-order valence-corrected chi connectivity index (χ2v) is 7.67. The van der Waals surface area contributed by atoms with E-state index in [0.29, 0.717) is 49.2 Å². The van der Waals surface area contributed by atoms with Crippen LogP contribution in [0.3, 0.4) is 0 Å². The molecule has 0 aliphatic carbocycles. The molecule has 5 aromatic rings. The average molecular weight is 409 g/mol. The Kier molecular flexibility index (Phi) is 3.76. The van der Waals surface area contributed by atoms with Crippen LogP contribution < -0.4 is 10.9 Å². The van der Waals surface area contributed by atoms with Gasteiger partial charge >= 0.3 is 0 Å². The van der Waals surface area contributed by atoms with Crippen LogP contribution in [0.4, 0.5) is 0 Å². The highest BCUT2D eigenvalue weighted by Gasteiger charge is 2.14. The topological polar surface area (TPSA) is 54.9 Å². The Bertz CT molecular complexity index is 1570. The van der Waals surface area contributed by atoms with E-state index >= 15 is 0 Å². The van der Waals surface area contributed by atoms with Crippen molar-refractivity contribution in [3.05, 3.63) is 79.0 Å². The summed E-state index contributed by atoms with van der Waals surface area (Å²) in [6.45, 7) is 2.66. The minimum atomic E-state index is -0.112. The van der Waals surface area contributed by atoms with Crippen molar-refractivity contribution in [2.45, 2.75) is 13.5 Å². The minimum absolute atomic E-state index is 0.101. The molecule has 0 fully saturated rings. The molecule has 138 valence electrons. The van der Waals surface area contributed by atoms with Crippen molar-refractivity contribution in [1.82, 2.24) is 9.55 Å². The molecule has 0 unspecified atom stereocenters. The van der Waals surface area contributed by atoms with Gasteiger partial charge in [0.2, 0.25) is 0 Å². The normalized spacial score (nSPS) is 11.8. The maximum atomic E-state index is 13.2. The van der Waals surface area contributed by atoms with E-state index in [-0.39, 0.29) is 10.9 Å². The third kappa shape index (κ3) is 2.38. The molecule has 0 spiro atoms. The average Bonchev–Trinajstić information content (AvgIpc) is 2.69. The van der Waals surface area contributed by atoms with E-state index in [1.165, 1.54) is 0 Å². The second-order valence-electron chi connectivity index (χ2n) is 6.79. The van der Waals surface area contributed by atoms with Crippen molar-refractivity contribution in [2.75, 3.05) is 0 Å². The lowest BCUT2D eigenvalue weighted by Crippen LogP contribution is -2.12. The molecule has 6 heteroatoms. The number of halogens is 2. The number of aromatic amines is 1. The summed E-state index contributed by atoms with van der Waals surface area (Å²) in [5, 5.41) is 3.19. The molecule has 0 bridgehead atoms. The lowest BCUT2D eigenvalue weighted by molar-refractivity contribution is 0.821. The number of aryl methyl sites for hydroxylation is 1. The monoisotopic (exact) mass is 408 g/mol. The first-order chi connectivity index (χ1) is 13.5. The highest BCUT2D eigenvalue weighted by molar-refractivity contribution is 6.31. The molecule has 0 saturated heterocycles. The fourth-order valence-electron chi connectivity index (χ4n) is 3.93. The van der Waals surface area contributed by atoms with Crippen LogP contribution >= 0.6 is 23.2 Å². The van der Waals surface area contributed by atoms with Gasteiger partial charge in [-0.2, -0.15) is 0 Å². The van der Waals surface area contributed by atoms with E-state index in [0.717, 1.165) is 11.0 Å². The van der Waals surface area contributed by atoms with Crippen LogP contribution in [0.2, 0.25) is 10.0 Å². The first kappa shape index (κ1) is 17.3. The predicted octanol–water partition coefficient (Wildman–Crippen LogP) is 5.48. The largest absolute Gasteiger partial charge is 0.354 e. The molecule has 0 radical (unpaired) electrons. The number of nitrogens with one attached hydrogen (secondary N) is 1. The summed E-state index contributed by atoms with van der Waals surface area (Å²) < 4.78 is 2.03. The summed E-state index contributed by atoms with van der Waals surface area (Å²) >= 11 is 12.2.